The summed E-state index contributed by atoms with van der Waals surface area (Å²) in [6.07, 6.45) is 0.761. The topological polar surface area (TPSA) is 113 Å². The van der Waals surface area contributed by atoms with Gasteiger partial charge in [0.25, 0.3) is 11.8 Å². The number of hydrogen-bond donors (Lipinski definition) is 3. The molecule has 1 aliphatic heterocycles. The van der Waals surface area contributed by atoms with Crippen LogP contribution in [-0.2, 0) is 17.8 Å². The van der Waals surface area contributed by atoms with E-state index >= 15 is 0 Å². The lowest BCUT2D eigenvalue weighted by Gasteiger charge is -2.20. The molecular formula is C18H21N5O3S. The largest absolute Gasteiger partial charge is 0.349 e. The highest BCUT2D eigenvalue weighted by Gasteiger charge is 2.25. The van der Waals surface area contributed by atoms with Gasteiger partial charge in [-0.25, -0.2) is 0 Å². The fourth-order valence-corrected chi connectivity index (χ4v) is 3.36. The summed E-state index contributed by atoms with van der Waals surface area (Å²) in [5.74, 6) is -1.10. The van der Waals surface area contributed by atoms with Crippen molar-refractivity contribution in [3.8, 4) is 0 Å². The van der Waals surface area contributed by atoms with E-state index in [1.165, 1.54) is 11.3 Å². The summed E-state index contributed by atoms with van der Waals surface area (Å²) in [4.78, 5) is 36.5. The van der Waals surface area contributed by atoms with Crippen LogP contribution in [0.25, 0.3) is 0 Å². The average Bonchev–Trinajstić information content (AvgIpc) is 3.27. The first kappa shape index (κ1) is 19.0. The molecule has 2 unspecified atom stereocenters. The van der Waals surface area contributed by atoms with Gasteiger partial charge in [0.1, 0.15) is 5.01 Å². The van der Waals surface area contributed by atoms with Crippen molar-refractivity contribution in [3.05, 3.63) is 39.9 Å². The lowest BCUT2D eigenvalue weighted by atomic mass is 10.0. The molecule has 9 heteroatoms. The number of aryl methyl sites for hydroxylation is 1. The highest BCUT2D eigenvalue weighted by molar-refractivity contribution is 7.15. The van der Waals surface area contributed by atoms with Crippen molar-refractivity contribution >= 4 is 34.2 Å². The van der Waals surface area contributed by atoms with Gasteiger partial charge >= 0.3 is 0 Å². The Balaban J connectivity index is 1.60. The van der Waals surface area contributed by atoms with Crippen LogP contribution in [-0.4, -0.2) is 34.0 Å². The summed E-state index contributed by atoms with van der Waals surface area (Å²) < 4.78 is 0. The molecular weight excluding hydrogens is 366 g/mol. The minimum absolute atomic E-state index is 0.126. The number of carbonyl (C=O) groups is 3. The number of anilines is 1. The maximum Gasteiger partial charge on any atom is 0.251 e. The van der Waals surface area contributed by atoms with Crippen LogP contribution >= 0.6 is 11.3 Å². The molecule has 2 aromatic rings. The molecule has 1 aromatic carbocycles. The first-order valence-electron chi connectivity index (χ1n) is 8.74. The van der Waals surface area contributed by atoms with Crippen molar-refractivity contribution in [3.63, 3.8) is 0 Å². The molecule has 3 amide bonds. The maximum absolute atomic E-state index is 12.5. The lowest BCUT2D eigenvalue weighted by molar-refractivity contribution is -0.120. The molecule has 3 rings (SSSR count). The Morgan fingerprint density at radius 1 is 1.30 bits per heavy atom. The highest BCUT2D eigenvalue weighted by Crippen LogP contribution is 2.19. The van der Waals surface area contributed by atoms with Crippen molar-refractivity contribution < 1.29 is 14.4 Å². The number of fused-ring (bicyclic) bond motifs is 1. The highest BCUT2D eigenvalue weighted by atomic mass is 32.1. The molecule has 0 saturated heterocycles. The Morgan fingerprint density at radius 3 is 2.78 bits per heavy atom. The quantitative estimate of drug-likeness (QED) is 0.699. The molecule has 0 fully saturated rings. The Labute approximate surface area is 160 Å². The number of hydrogen-bond acceptors (Lipinski definition) is 6. The molecule has 27 heavy (non-hydrogen) atoms. The normalized spacial score (nSPS) is 14.9. The molecule has 1 aliphatic rings. The maximum atomic E-state index is 12.5. The van der Waals surface area contributed by atoms with Gasteiger partial charge in [-0.05, 0) is 37.1 Å². The molecule has 1 aromatic heterocycles. The van der Waals surface area contributed by atoms with E-state index in [1.807, 2.05) is 6.92 Å². The summed E-state index contributed by atoms with van der Waals surface area (Å²) >= 11 is 1.34. The van der Waals surface area contributed by atoms with Gasteiger partial charge in [-0.3, -0.25) is 14.4 Å². The van der Waals surface area contributed by atoms with E-state index in [9.17, 15) is 14.4 Å². The fraction of sp³-hybridized carbons (Fsp3) is 0.389. The predicted molar refractivity (Wildman–Crippen MR) is 102 cm³/mol. The predicted octanol–water partition coefficient (Wildman–Crippen LogP) is 1.74. The second-order valence-corrected chi connectivity index (χ2v) is 7.51. The van der Waals surface area contributed by atoms with Gasteiger partial charge < -0.3 is 16.0 Å². The van der Waals surface area contributed by atoms with Crippen LogP contribution in [0.1, 0.15) is 52.1 Å². The van der Waals surface area contributed by atoms with E-state index in [0.29, 0.717) is 22.8 Å². The van der Waals surface area contributed by atoms with Crippen LogP contribution in [0, 0.1) is 5.92 Å². The Bertz CT molecular complexity index is 895. The number of amides is 3. The van der Waals surface area contributed by atoms with Gasteiger partial charge in [0.2, 0.25) is 11.0 Å². The Hall–Kier alpha value is -2.81. The minimum Gasteiger partial charge on any atom is -0.349 e. The second-order valence-electron chi connectivity index (χ2n) is 6.45. The molecule has 142 valence electrons. The van der Waals surface area contributed by atoms with Crippen LogP contribution in [0.5, 0.6) is 0 Å². The third-order valence-electron chi connectivity index (χ3n) is 4.57. The van der Waals surface area contributed by atoms with Gasteiger partial charge in [-0.2, -0.15) is 0 Å². The van der Waals surface area contributed by atoms with Crippen LogP contribution in [0.15, 0.2) is 18.2 Å². The van der Waals surface area contributed by atoms with Crippen molar-refractivity contribution in [1.82, 2.24) is 20.8 Å². The van der Waals surface area contributed by atoms with Gasteiger partial charge in [0.15, 0.2) is 0 Å². The standard InChI is InChI=1S/C18H21N5O3S/c1-4-14-22-23-18(27-14)21-15(24)9(2)10(3)20-16(25)11-5-6-13-12(7-11)8-19-17(13)26/h5-7,9-10H,4,8H2,1-3H3,(H,19,26)(H,20,25)(H,21,23,24). The van der Waals surface area contributed by atoms with E-state index in [4.69, 9.17) is 0 Å². The fourth-order valence-electron chi connectivity index (χ4n) is 2.68. The summed E-state index contributed by atoms with van der Waals surface area (Å²) in [7, 11) is 0. The number of rotatable bonds is 6. The third-order valence-corrected chi connectivity index (χ3v) is 5.56. The van der Waals surface area contributed by atoms with Crippen LogP contribution in [0.4, 0.5) is 5.13 Å². The number of aromatic nitrogens is 2. The summed E-state index contributed by atoms with van der Waals surface area (Å²) in [6, 6.07) is 4.58. The number of benzene rings is 1. The van der Waals surface area contributed by atoms with Crippen molar-refractivity contribution in [2.75, 3.05) is 5.32 Å². The Morgan fingerprint density at radius 2 is 2.07 bits per heavy atom. The first-order chi connectivity index (χ1) is 12.9. The van der Waals surface area contributed by atoms with Gasteiger partial charge in [0.05, 0.1) is 5.92 Å². The zero-order valence-electron chi connectivity index (χ0n) is 15.3. The van der Waals surface area contributed by atoms with Gasteiger partial charge in [-0.15, -0.1) is 10.2 Å². The molecule has 0 spiro atoms. The summed E-state index contributed by atoms with van der Waals surface area (Å²) in [5, 5.41) is 17.5. The summed E-state index contributed by atoms with van der Waals surface area (Å²) in [6.45, 7) is 5.91. The van der Waals surface area contributed by atoms with Crippen LogP contribution in [0.3, 0.4) is 0 Å². The monoisotopic (exact) mass is 387 g/mol. The molecule has 0 radical (unpaired) electrons. The van der Waals surface area contributed by atoms with Crippen molar-refractivity contribution in [1.29, 1.82) is 0 Å². The average molecular weight is 387 g/mol. The lowest BCUT2D eigenvalue weighted by Crippen LogP contribution is -2.41. The number of nitrogens with zero attached hydrogens (tertiary/aromatic N) is 2. The van der Waals surface area contributed by atoms with E-state index in [0.717, 1.165) is 17.0 Å². The SMILES string of the molecule is CCc1nnc(NC(=O)C(C)C(C)NC(=O)c2ccc3c(c2)CNC3=O)s1. The first-order valence-corrected chi connectivity index (χ1v) is 9.56. The molecule has 0 bridgehead atoms. The molecule has 2 atom stereocenters. The van der Waals surface area contributed by atoms with E-state index in [1.54, 1.807) is 32.0 Å². The number of nitrogens with one attached hydrogen (secondary N) is 3. The molecule has 0 aliphatic carbocycles. The van der Waals surface area contributed by atoms with Crippen molar-refractivity contribution in [2.45, 2.75) is 39.8 Å². The van der Waals surface area contributed by atoms with Gasteiger partial charge in [-0.1, -0.05) is 25.2 Å². The number of carbonyl (C=O) groups excluding carboxylic acids is 3. The van der Waals surface area contributed by atoms with E-state index in [-0.39, 0.29) is 23.8 Å². The summed E-state index contributed by atoms with van der Waals surface area (Å²) in [5.41, 5.74) is 1.85. The molecule has 0 saturated carbocycles. The Kier molecular flexibility index (Phi) is 5.50. The van der Waals surface area contributed by atoms with E-state index in [2.05, 4.69) is 26.1 Å². The second kappa shape index (κ2) is 7.83. The molecule has 3 N–H and O–H groups in total. The minimum atomic E-state index is -0.458. The van der Waals surface area contributed by atoms with Crippen LogP contribution < -0.4 is 16.0 Å². The van der Waals surface area contributed by atoms with Gasteiger partial charge in [0, 0.05) is 23.7 Å². The zero-order chi connectivity index (χ0) is 19.6. The smallest absolute Gasteiger partial charge is 0.251 e. The van der Waals surface area contributed by atoms with Crippen LogP contribution in [0.2, 0.25) is 0 Å². The van der Waals surface area contributed by atoms with Crippen molar-refractivity contribution in [2.24, 2.45) is 5.92 Å². The van der Waals surface area contributed by atoms with E-state index < -0.39 is 5.92 Å². The molecule has 2 heterocycles. The zero-order valence-corrected chi connectivity index (χ0v) is 16.1. The molecule has 8 nitrogen and oxygen atoms in total. The third kappa shape index (κ3) is 4.13.